The van der Waals surface area contributed by atoms with Crippen molar-refractivity contribution in [2.75, 3.05) is 12.0 Å². The normalized spacial score (nSPS) is 12.4. The number of carbonyl (C=O) groups excluding carboxylic acids is 1. The van der Waals surface area contributed by atoms with Crippen LogP contribution < -0.4 is 5.32 Å². The Morgan fingerprint density at radius 1 is 1.35 bits per heavy atom. The fourth-order valence-electron chi connectivity index (χ4n) is 2.47. The van der Waals surface area contributed by atoms with Gasteiger partial charge in [-0.05, 0) is 42.0 Å². The zero-order chi connectivity index (χ0) is 16.1. The summed E-state index contributed by atoms with van der Waals surface area (Å²) < 4.78 is 0. The number of amides is 1. The van der Waals surface area contributed by atoms with E-state index in [-0.39, 0.29) is 11.9 Å². The predicted molar refractivity (Wildman–Crippen MR) is 98.0 cm³/mol. The molecule has 2 aromatic heterocycles. The monoisotopic (exact) mass is 345 g/mol. The van der Waals surface area contributed by atoms with Gasteiger partial charge in [0.2, 0.25) is 5.91 Å². The van der Waals surface area contributed by atoms with E-state index < -0.39 is 0 Å². The Morgan fingerprint density at radius 3 is 2.96 bits per heavy atom. The van der Waals surface area contributed by atoms with E-state index in [1.807, 2.05) is 41.8 Å². The van der Waals surface area contributed by atoms with Gasteiger partial charge in [-0.2, -0.15) is 11.8 Å². The highest BCUT2D eigenvalue weighted by Crippen LogP contribution is 2.20. The smallest absolute Gasteiger partial charge is 0.225 e. The molecule has 3 rings (SSSR count). The second kappa shape index (κ2) is 7.66. The van der Waals surface area contributed by atoms with Crippen LogP contribution in [0.2, 0.25) is 0 Å². The highest BCUT2D eigenvalue weighted by Gasteiger charge is 2.18. The van der Waals surface area contributed by atoms with Crippen molar-refractivity contribution in [2.45, 2.75) is 18.9 Å². The van der Waals surface area contributed by atoms with E-state index in [0.717, 1.165) is 33.9 Å². The highest BCUT2D eigenvalue weighted by molar-refractivity contribution is 7.98. The number of hydrogen-bond donors (Lipinski definition) is 2. The summed E-state index contributed by atoms with van der Waals surface area (Å²) in [5.41, 5.74) is 1.94. The summed E-state index contributed by atoms with van der Waals surface area (Å²) in [5.74, 6) is 1.85. The summed E-state index contributed by atoms with van der Waals surface area (Å²) in [5, 5.41) is 5.12. The Labute approximate surface area is 143 Å². The molecule has 3 aromatic rings. The van der Waals surface area contributed by atoms with Gasteiger partial charge in [0.15, 0.2) is 0 Å². The average Bonchev–Trinajstić information content (AvgIpc) is 3.20. The first kappa shape index (κ1) is 16.1. The van der Waals surface area contributed by atoms with Gasteiger partial charge in [0.1, 0.15) is 5.82 Å². The number of fused-ring (bicyclic) bond motifs is 1. The minimum atomic E-state index is -0.0812. The number of para-hydroxylation sites is 2. The molecule has 2 N–H and O–H groups in total. The fourth-order valence-corrected chi connectivity index (χ4v) is 3.64. The van der Waals surface area contributed by atoms with Crippen LogP contribution in [0, 0.1) is 0 Å². The maximum Gasteiger partial charge on any atom is 0.225 e. The van der Waals surface area contributed by atoms with Gasteiger partial charge in [-0.1, -0.05) is 18.2 Å². The van der Waals surface area contributed by atoms with Crippen molar-refractivity contribution in [1.29, 1.82) is 0 Å². The van der Waals surface area contributed by atoms with Crippen molar-refractivity contribution in [1.82, 2.24) is 15.3 Å². The van der Waals surface area contributed by atoms with Crippen molar-refractivity contribution in [2.24, 2.45) is 0 Å². The largest absolute Gasteiger partial charge is 0.346 e. The molecule has 0 radical (unpaired) electrons. The summed E-state index contributed by atoms with van der Waals surface area (Å²) in [6.45, 7) is 0. The molecular formula is C17H19N3OS2. The topological polar surface area (TPSA) is 57.8 Å². The number of carbonyl (C=O) groups is 1. The average molecular weight is 345 g/mol. The molecule has 1 aromatic carbocycles. The number of hydrogen-bond acceptors (Lipinski definition) is 4. The van der Waals surface area contributed by atoms with Crippen LogP contribution in [0.3, 0.4) is 0 Å². The SMILES string of the molecule is CSCC[C@H](NC(=O)Cc1cccs1)c1nc2ccccc2[nH]1. The quantitative estimate of drug-likeness (QED) is 0.685. The maximum absolute atomic E-state index is 12.3. The lowest BCUT2D eigenvalue weighted by atomic mass is 10.2. The van der Waals surface area contributed by atoms with E-state index >= 15 is 0 Å². The zero-order valence-corrected chi connectivity index (χ0v) is 14.5. The van der Waals surface area contributed by atoms with Crippen LogP contribution in [-0.2, 0) is 11.2 Å². The van der Waals surface area contributed by atoms with Crippen LogP contribution in [0.1, 0.15) is 23.2 Å². The van der Waals surface area contributed by atoms with Gasteiger partial charge in [-0.15, -0.1) is 11.3 Å². The standard InChI is InChI=1S/C17H19N3OS2/c1-22-10-8-15(18-16(21)11-12-5-4-9-23-12)17-19-13-6-2-3-7-14(13)20-17/h2-7,9,15H,8,10-11H2,1H3,(H,18,21)(H,19,20)/t15-/m0/s1. The second-order valence-electron chi connectivity index (χ2n) is 5.30. The van der Waals surface area contributed by atoms with Gasteiger partial charge in [-0.25, -0.2) is 4.98 Å². The molecule has 6 heteroatoms. The van der Waals surface area contributed by atoms with Gasteiger partial charge < -0.3 is 10.3 Å². The van der Waals surface area contributed by atoms with E-state index in [1.54, 1.807) is 23.1 Å². The van der Waals surface area contributed by atoms with Gasteiger partial charge in [0.25, 0.3) is 0 Å². The molecule has 0 fully saturated rings. The van der Waals surface area contributed by atoms with E-state index in [1.165, 1.54) is 0 Å². The highest BCUT2D eigenvalue weighted by atomic mass is 32.2. The molecule has 1 amide bonds. The van der Waals surface area contributed by atoms with Crippen LogP contribution in [-0.4, -0.2) is 27.9 Å². The number of thiophene rings is 1. The molecular weight excluding hydrogens is 326 g/mol. The minimum Gasteiger partial charge on any atom is -0.346 e. The van der Waals surface area contributed by atoms with Crippen LogP contribution in [0.25, 0.3) is 11.0 Å². The number of thioether (sulfide) groups is 1. The summed E-state index contributed by atoms with van der Waals surface area (Å²) >= 11 is 3.38. The van der Waals surface area contributed by atoms with Gasteiger partial charge in [0, 0.05) is 4.88 Å². The van der Waals surface area contributed by atoms with Crippen molar-refractivity contribution in [3.05, 3.63) is 52.5 Å². The molecule has 0 saturated carbocycles. The number of nitrogens with zero attached hydrogens (tertiary/aromatic N) is 1. The van der Waals surface area contributed by atoms with Crippen molar-refractivity contribution >= 4 is 40.0 Å². The van der Waals surface area contributed by atoms with Gasteiger partial charge in [0.05, 0.1) is 23.5 Å². The lowest BCUT2D eigenvalue weighted by Gasteiger charge is -2.16. The molecule has 1 atom stereocenters. The Kier molecular flexibility index (Phi) is 5.35. The number of aromatic amines is 1. The van der Waals surface area contributed by atoms with Crippen LogP contribution in [0.5, 0.6) is 0 Å². The number of imidazole rings is 1. The minimum absolute atomic E-state index is 0.0407. The number of aromatic nitrogens is 2. The Morgan fingerprint density at radius 2 is 2.22 bits per heavy atom. The van der Waals surface area contributed by atoms with E-state index in [2.05, 4.69) is 21.5 Å². The second-order valence-corrected chi connectivity index (χ2v) is 7.31. The number of nitrogens with one attached hydrogen (secondary N) is 2. The number of H-pyrrole nitrogens is 1. The van der Waals surface area contributed by atoms with Crippen molar-refractivity contribution < 1.29 is 4.79 Å². The molecule has 23 heavy (non-hydrogen) atoms. The van der Waals surface area contributed by atoms with E-state index in [0.29, 0.717) is 6.42 Å². The maximum atomic E-state index is 12.3. The molecule has 4 nitrogen and oxygen atoms in total. The third-order valence-corrected chi connectivity index (χ3v) is 5.12. The van der Waals surface area contributed by atoms with Gasteiger partial charge in [-0.3, -0.25) is 4.79 Å². The lowest BCUT2D eigenvalue weighted by molar-refractivity contribution is -0.121. The third-order valence-electron chi connectivity index (χ3n) is 3.60. The fraction of sp³-hybridized carbons (Fsp3) is 0.294. The molecule has 2 heterocycles. The zero-order valence-electron chi connectivity index (χ0n) is 12.9. The first-order chi connectivity index (χ1) is 11.3. The molecule has 0 aliphatic heterocycles. The summed E-state index contributed by atoms with van der Waals surface area (Å²) in [7, 11) is 0. The predicted octanol–water partition coefficient (Wildman–Crippen LogP) is 3.78. The van der Waals surface area contributed by atoms with Gasteiger partial charge >= 0.3 is 0 Å². The number of rotatable bonds is 7. The lowest BCUT2D eigenvalue weighted by Crippen LogP contribution is -2.30. The molecule has 0 aliphatic rings. The third kappa shape index (κ3) is 4.14. The molecule has 0 spiro atoms. The van der Waals surface area contributed by atoms with Crippen LogP contribution in [0.15, 0.2) is 41.8 Å². The summed E-state index contributed by atoms with van der Waals surface area (Å²) in [6.07, 6.45) is 3.36. The molecule has 0 bridgehead atoms. The Hall–Kier alpha value is -1.79. The number of benzene rings is 1. The summed E-state index contributed by atoms with van der Waals surface area (Å²) in [6, 6.07) is 11.8. The molecule has 0 aliphatic carbocycles. The van der Waals surface area contributed by atoms with Crippen molar-refractivity contribution in [3.8, 4) is 0 Å². The molecule has 0 unspecified atom stereocenters. The van der Waals surface area contributed by atoms with E-state index in [9.17, 15) is 4.79 Å². The van der Waals surface area contributed by atoms with Crippen LogP contribution >= 0.6 is 23.1 Å². The Bertz CT molecular complexity index is 734. The first-order valence-electron chi connectivity index (χ1n) is 7.51. The summed E-state index contributed by atoms with van der Waals surface area (Å²) in [4.78, 5) is 21.4. The van der Waals surface area contributed by atoms with E-state index in [4.69, 9.17) is 0 Å². The Balaban J connectivity index is 1.75. The van der Waals surface area contributed by atoms with Crippen molar-refractivity contribution in [3.63, 3.8) is 0 Å². The van der Waals surface area contributed by atoms with Crippen LogP contribution in [0.4, 0.5) is 0 Å². The molecule has 0 saturated heterocycles. The first-order valence-corrected chi connectivity index (χ1v) is 9.79. The molecule has 120 valence electrons.